The fraction of sp³-hybridized carbons (Fsp3) is 0.0435. The topological polar surface area (TPSA) is 111 Å². The molecule has 0 radical (unpaired) electrons. The smallest absolute Gasteiger partial charge is 0.269 e. The number of amides is 2. The molecule has 8 nitrogen and oxygen atoms in total. The molecule has 3 rings (SSSR count). The molecule has 0 spiro atoms. The molecule has 0 saturated heterocycles. The van der Waals surface area contributed by atoms with Crippen LogP contribution >= 0.6 is 0 Å². The summed E-state index contributed by atoms with van der Waals surface area (Å²) in [5.41, 5.74) is 6.56. The zero-order chi connectivity index (χ0) is 22.1. The molecule has 3 aromatic rings. The lowest BCUT2D eigenvalue weighted by Crippen LogP contribution is -2.40. The third-order valence-corrected chi connectivity index (χ3v) is 4.20. The highest BCUT2D eigenvalue weighted by atomic mass is 16.6. The molecule has 0 bridgehead atoms. The minimum atomic E-state index is -0.547. The molecule has 2 N–H and O–H groups in total. The van der Waals surface area contributed by atoms with Gasteiger partial charge in [0.05, 0.1) is 4.92 Å². The van der Waals surface area contributed by atoms with Crippen molar-refractivity contribution in [2.45, 2.75) is 6.61 Å². The molecule has 156 valence electrons. The molecule has 0 fully saturated rings. The van der Waals surface area contributed by atoms with E-state index in [1.165, 1.54) is 36.4 Å². The van der Waals surface area contributed by atoms with Crippen molar-refractivity contribution in [1.82, 2.24) is 10.9 Å². The maximum atomic E-state index is 12.2. The second-order valence-corrected chi connectivity index (χ2v) is 6.42. The van der Waals surface area contributed by atoms with Gasteiger partial charge in [0.25, 0.3) is 17.5 Å². The highest BCUT2D eigenvalue weighted by Gasteiger charge is 2.07. The molecule has 0 aliphatic heterocycles. The van der Waals surface area contributed by atoms with Gasteiger partial charge in [-0.1, -0.05) is 30.3 Å². The van der Waals surface area contributed by atoms with E-state index in [0.717, 1.165) is 5.56 Å². The second kappa shape index (κ2) is 10.4. The summed E-state index contributed by atoms with van der Waals surface area (Å²) in [5.74, 6) is -0.406. The first-order valence-electron chi connectivity index (χ1n) is 9.31. The maximum absolute atomic E-state index is 12.2. The third kappa shape index (κ3) is 6.53. The van der Waals surface area contributed by atoms with Crippen molar-refractivity contribution in [2.75, 3.05) is 0 Å². The Morgan fingerprint density at radius 1 is 0.903 bits per heavy atom. The van der Waals surface area contributed by atoms with E-state index in [2.05, 4.69) is 10.9 Å². The average Bonchev–Trinajstić information content (AvgIpc) is 2.81. The van der Waals surface area contributed by atoms with Crippen LogP contribution in [0, 0.1) is 10.1 Å². The van der Waals surface area contributed by atoms with Crippen LogP contribution in [-0.4, -0.2) is 16.7 Å². The molecular formula is C23H19N3O5. The van der Waals surface area contributed by atoms with Crippen LogP contribution in [0.5, 0.6) is 5.75 Å². The molecule has 0 saturated carbocycles. The van der Waals surface area contributed by atoms with Crippen LogP contribution in [-0.2, 0) is 11.4 Å². The summed E-state index contributed by atoms with van der Waals surface area (Å²) in [6, 6.07) is 22.0. The molecule has 2 amide bonds. The predicted octanol–water partition coefficient (Wildman–Crippen LogP) is 3.65. The fourth-order valence-corrected chi connectivity index (χ4v) is 2.55. The molecular weight excluding hydrogens is 398 g/mol. The number of carbonyl (C=O) groups excluding carboxylic acids is 2. The van der Waals surface area contributed by atoms with Crippen molar-refractivity contribution >= 4 is 23.6 Å². The molecule has 0 atom stereocenters. The van der Waals surface area contributed by atoms with Crippen molar-refractivity contribution in [1.29, 1.82) is 0 Å². The summed E-state index contributed by atoms with van der Waals surface area (Å²) < 4.78 is 5.67. The Hall–Kier alpha value is -4.46. The number of hydrogen-bond donors (Lipinski definition) is 2. The number of nitrogens with one attached hydrogen (secondary N) is 2. The summed E-state index contributed by atoms with van der Waals surface area (Å²) in [7, 11) is 0. The van der Waals surface area contributed by atoms with E-state index in [-0.39, 0.29) is 5.69 Å². The number of ether oxygens (including phenoxy) is 1. The predicted molar refractivity (Wildman–Crippen MR) is 115 cm³/mol. The third-order valence-electron chi connectivity index (χ3n) is 4.20. The Morgan fingerprint density at radius 3 is 2.23 bits per heavy atom. The fourth-order valence-electron chi connectivity index (χ4n) is 2.55. The lowest BCUT2D eigenvalue weighted by atomic mass is 10.2. The Kier molecular flexibility index (Phi) is 7.10. The number of nitrogens with zero attached hydrogens (tertiary/aromatic N) is 1. The van der Waals surface area contributed by atoms with Gasteiger partial charge < -0.3 is 4.74 Å². The van der Waals surface area contributed by atoms with E-state index >= 15 is 0 Å². The minimum Gasteiger partial charge on any atom is -0.489 e. The number of hydrogen-bond acceptors (Lipinski definition) is 5. The van der Waals surface area contributed by atoms with Gasteiger partial charge in [-0.3, -0.25) is 30.6 Å². The summed E-state index contributed by atoms with van der Waals surface area (Å²) in [4.78, 5) is 34.1. The van der Waals surface area contributed by atoms with Gasteiger partial charge >= 0.3 is 0 Å². The molecule has 0 aromatic heterocycles. The Bertz CT molecular complexity index is 1080. The molecule has 0 heterocycles. The number of non-ortho nitro benzene ring substituents is 1. The van der Waals surface area contributed by atoms with Crippen LogP contribution in [0.2, 0.25) is 0 Å². The van der Waals surface area contributed by atoms with Crippen LogP contribution in [0.3, 0.4) is 0 Å². The van der Waals surface area contributed by atoms with E-state index in [0.29, 0.717) is 23.5 Å². The molecule has 8 heteroatoms. The zero-order valence-electron chi connectivity index (χ0n) is 16.4. The van der Waals surface area contributed by atoms with Crippen molar-refractivity contribution in [3.63, 3.8) is 0 Å². The largest absolute Gasteiger partial charge is 0.489 e. The SMILES string of the molecule is O=C(/C=C/c1ccc([N+](=O)[O-])cc1)NNC(=O)c1ccc(OCc2ccccc2)cc1. The summed E-state index contributed by atoms with van der Waals surface area (Å²) in [6.07, 6.45) is 2.69. The molecule has 0 unspecified atom stereocenters. The van der Waals surface area contributed by atoms with Gasteiger partial charge in [0, 0.05) is 23.8 Å². The van der Waals surface area contributed by atoms with Crippen LogP contribution < -0.4 is 15.6 Å². The lowest BCUT2D eigenvalue weighted by Gasteiger charge is -2.08. The van der Waals surface area contributed by atoms with Gasteiger partial charge in [0.2, 0.25) is 0 Å². The van der Waals surface area contributed by atoms with Crippen molar-refractivity contribution in [3.8, 4) is 5.75 Å². The Balaban J connectivity index is 1.46. The molecule has 0 aliphatic carbocycles. The molecule has 3 aromatic carbocycles. The summed E-state index contributed by atoms with van der Waals surface area (Å²) in [5, 5.41) is 10.6. The van der Waals surface area contributed by atoms with E-state index in [1.54, 1.807) is 24.3 Å². The Morgan fingerprint density at radius 2 is 1.58 bits per heavy atom. The quantitative estimate of drug-likeness (QED) is 0.346. The summed E-state index contributed by atoms with van der Waals surface area (Å²) >= 11 is 0. The minimum absolute atomic E-state index is 0.0367. The van der Waals surface area contributed by atoms with E-state index in [9.17, 15) is 19.7 Å². The van der Waals surface area contributed by atoms with Gasteiger partial charge in [-0.2, -0.15) is 0 Å². The van der Waals surface area contributed by atoms with Gasteiger partial charge in [-0.15, -0.1) is 0 Å². The van der Waals surface area contributed by atoms with Gasteiger partial charge in [-0.05, 0) is 53.6 Å². The van der Waals surface area contributed by atoms with Crippen LogP contribution in [0.15, 0.2) is 84.9 Å². The lowest BCUT2D eigenvalue weighted by molar-refractivity contribution is -0.384. The average molecular weight is 417 g/mol. The number of nitro benzene ring substituents is 1. The van der Waals surface area contributed by atoms with Crippen molar-refractivity contribution < 1.29 is 19.2 Å². The van der Waals surface area contributed by atoms with Crippen LogP contribution in [0.25, 0.3) is 6.08 Å². The standard InChI is InChI=1S/C23H19N3O5/c27-22(15-8-17-6-11-20(12-7-17)26(29)30)24-25-23(28)19-9-13-21(14-10-19)31-16-18-4-2-1-3-5-18/h1-15H,16H2,(H,24,27)(H,25,28)/b15-8+. The first-order valence-corrected chi connectivity index (χ1v) is 9.31. The van der Waals surface area contributed by atoms with E-state index in [4.69, 9.17) is 4.74 Å². The summed E-state index contributed by atoms with van der Waals surface area (Å²) in [6.45, 7) is 0.420. The van der Waals surface area contributed by atoms with Gasteiger partial charge in [0.15, 0.2) is 0 Å². The van der Waals surface area contributed by atoms with Crippen LogP contribution in [0.4, 0.5) is 5.69 Å². The van der Waals surface area contributed by atoms with Crippen molar-refractivity contribution in [3.05, 3.63) is 112 Å². The van der Waals surface area contributed by atoms with Crippen molar-refractivity contribution in [2.24, 2.45) is 0 Å². The van der Waals surface area contributed by atoms with Gasteiger partial charge in [0.1, 0.15) is 12.4 Å². The number of carbonyl (C=O) groups is 2. The second-order valence-electron chi connectivity index (χ2n) is 6.42. The first-order chi connectivity index (χ1) is 15.0. The molecule has 0 aliphatic rings. The highest BCUT2D eigenvalue weighted by molar-refractivity contribution is 5.98. The van der Waals surface area contributed by atoms with E-state index in [1.807, 2.05) is 30.3 Å². The Labute approximate surface area is 178 Å². The number of rotatable bonds is 7. The first kappa shape index (κ1) is 21.3. The normalized spacial score (nSPS) is 10.5. The van der Waals surface area contributed by atoms with Crippen LogP contribution in [0.1, 0.15) is 21.5 Å². The van der Waals surface area contributed by atoms with E-state index < -0.39 is 16.7 Å². The number of hydrazine groups is 1. The highest BCUT2D eigenvalue weighted by Crippen LogP contribution is 2.14. The van der Waals surface area contributed by atoms with Gasteiger partial charge in [-0.25, -0.2) is 0 Å². The number of benzene rings is 3. The maximum Gasteiger partial charge on any atom is 0.269 e. The zero-order valence-corrected chi connectivity index (χ0v) is 16.4. The monoisotopic (exact) mass is 417 g/mol. The molecule has 31 heavy (non-hydrogen) atoms. The number of nitro groups is 1.